The number of ketones is 1. The molecule has 8 heteroatoms. The molecule has 1 aromatic carbocycles. The zero-order chi connectivity index (χ0) is 24.5. The minimum absolute atomic E-state index is 0.0431. The molecule has 7 nitrogen and oxygen atoms in total. The van der Waals surface area contributed by atoms with Crippen LogP contribution in [0.1, 0.15) is 64.7 Å². The van der Waals surface area contributed by atoms with Crippen LogP contribution in [0.4, 0.5) is 10.1 Å². The number of hydrogen-bond donors (Lipinski definition) is 3. The molecule has 2 amide bonds. The molecule has 34 heavy (non-hydrogen) atoms. The average molecular weight is 472 g/mol. The Balaban J connectivity index is 1.57. The number of aromatic nitrogens is 1. The van der Waals surface area contributed by atoms with Gasteiger partial charge in [0.25, 0.3) is 5.91 Å². The highest BCUT2D eigenvalue weighted by Gasteiger charge is 2.34. The Bertz CT molecular complexity index is 994. The fourth-order valence-electron chi connectivity index (χ4n) is 4.91. The van der Waals surface area contributed by atoms with Crippen LogP contribution < -0.4 is 10.8 Å². The van der Waals surface area contributed by atoms with Gasteiger partial charge in [-0.15, -0.1) is 0 Å². The second-order valence-corrected chi connectivity index (χ2v) is 9.26. The van der Waals surface area contributed by atoms with E-state index in [9.17, 15) is 18.8 Å². The van der Waals surface area contributed by atoms with Gasteiger partial charge in [0, 0.05) is 29.3 Å². The van der Waals surface area contributed by atoms with Crippen LogP contribution in [-0.2, 0) is 14.4 Å². The van der Waals surface area contributed by atoms with E-state index in [1.807, 2.05) is 31.2 Å². The first-order valence-electron chi connectivity index (χ1n) is 12.2. The van der Waals surface area contributed by atoms with E-state index in [2.05, 4.69) is 10.3 Å². The lowest BCUT2D eigenvalue weighted by molar-refractivity contribution is -0.141. The molecular weight excluding hydrogens is 437 g/mol. The molecule has 1 aliphatic rings. The molecule has 3 rings (SSSR count). The number of pyridine rings is 1. The highest BCUT2D eigenvalue weighted by atomic mass is 19.1. The van der Waals surface area contributed by atoms with Crippen molar-refractivity contribution in [3.05, 3.63) is 36.7 Å². The number of anilines is 1. The third-order valence-electron chi connectivity index (χ3n) is 6.87. The molecule has 0 aliphatic heterocycles. The lowest BCUT2D eigenvalue weighted by Gasteiger charge is -2.29. The topological polar surface area (TPSA) is 108 Å². The third-order valence-corrected chi connectivity index (χ3v) is 6.87. The quantitative estimate of drug-likeness (QED) is 0.316. The lowest BCUT2D eigenvalue weighted by atomic mass is 9.77. The number of nitrogens with one attached hydrogen (secondary N) is 2. The number of rotatable bonds is 11. The van der Waals surface area contributed by atoms with Crippen molar-refractivity contribution >= 4 is 34.1 Å². The maximum absolute atomic E-state index is 14.4. The summed E-state index contributed by atoms with van der Waals surface area (Å²) in [5.74, 6) is -2.52. The van der Waals surface area contributed by atoms with E-state index in [1.54, 1.807) is 12.4 Å². The molecule has 1 aromatic heterocycles. The summed E-state index contributed by atoms with van der Waals surface area (Å²) in [6.45, 7) is 1.93. The van der Waals surface area contributed by atoms with Gasteiger partial charge >= 0.3 is 0 Å². The van der Waals surface area contributed by atoms with Gasteiger partial charge in [-0.1, -0.05) is 56.9 Å². The van der Waals surface area contributed by atoms with Crippen LogP contribution in [0.25, 0.3) is 10.8 Å². The minimum atomic E-state index is -2.05. The SMILES string of the molecule is CCCCC(C(=O)CC[C@@H]1CCCC(C(=O)Nc2cncc3ccccc23)C1)[C@H](F)C(=O)NO. The van der Waals surface area contributed by atoms with E-state index >= 15 is 0 Å². The predicted octanol–water partition coefficient (Wildman–Crippen LogP) is 4.98. The number of halogens is 1. The van der Waals surface area contributed by atoms with Crippen molar-refractivity contribution in [1.82, 2.24) is 10.5 Å². The number of nitrogens with zero attached hydrogens (tertiary/aromatic N) is 1. The molecule has 0 radical (unpaired) electrons. The number of alkyl halides is 1. The molecule has 2 unspecified atom stereocenters. The van der Waals surface area contributed by atoms with E-state index in [1.165, 1.54) is 5.48 Å². The van der Waals surface area contributed by atoms with Crippen molar-refractivity contribution in [3.8, 4) is 0 Å². The highest BCUT2D eigenvalue weighted by molar-refractivity contribution is 6.02. The number of carbonyl (C=O) groups excluding carboxylic acids is 3. The summed E-state index contributed by atoms with van der Waals surface area (Å²) in [5.41, 5.74) is 2.01. The second-order valence-electron chi connectivity index (χ2n) is 9.26. The van der Waals surface area contributed by atoms with Gasteiger partial charge in [-0.05, 0) is 31.6 Å². The highest BCUT2D eigenvalue weighted by Crippen LogP contribution is 2.34. The number of hydrogen-bond acceptors (Lipinski definition) is 5. The Kier molecular flexibility index (Phi) is 9.51. The maximum Gasteiger partial charge on any atom is 0.278 e. The summed E-state index contributed by atoms with van der Waals surface area (Å²) in [6, 6.07) is 7.75. The summed E-state index contributed by atoms with van der Waals surface area (Å²) in [7, 11) is 0. The van der Waals surface area contributed by atoms with Crippen molar-refractivity contribution in [3.63, 3.8) is 0 Å². The van der Waals surface area contributed by atoms with Crippen molar-refractivity contribution in [1.29, 1.82) is 0 Å². The molecule has 3 N–H and O–H groups in total. The van der Waals surface area contributed by atoms with Crippen LogP contribution in [-0.4, -0.2) is 34.0 Å². The average Bonchev–Trinajstić information content (AvgIpc) is 2.87. The third kappa shape index (κ3) is 6.59. The number of benzene rings is 1. The second kappa shape index (κ2) is 12.6. The van der Waals surface area contributed by atoms with Crippen LogP contribution in [0.15, 0.2) is 36.7 Å². The molecule has 0 spiro atoms. The summed E-state index contributed by atoms with van der Waals surface area (Å²) >= 11 is 0. The standard InChI is InChI=1S/C26H34FN3O4/c1-2-3-10-21(24(27)26(33)30-34)23(31)13-12-17-7-6-9-18(14-17)25(32)29-22-16-28-15-19-8-4-5-11-20(19)22/h4-5,8,11,15-18,21,24,34H,2-3,6-7,9-10,12-14H2,1H3,(H,29,32)(H,30,33)/t17-,18?,21?,24-/m0/s1. The molecule has 1 saturated carbocycles. The zero-order valence-electron chi connectivity index (χ0n) is 19.6. The molecule has 0 bridgehead atoms. The summed E-state index contributed by atoms with van der Waals surface area (Å²) in [4.78, 5) is 41.5. The number of unbranched alkanes of at least 4 members (excludes halogenated alkanes) is 1. The molecule has 4 atom stereocenters. The van der Waals surface area contributed by atoms with Crippen LogP contribution in [0.2, 0.25) is 0 Å². The zero-order valence-corrected chi connectivity index (χ0v) is 19.6. The molecule has 1 fully saturated rings. The number of hydroxylamine groups is 1. The Morgan fingerprint density at radius 1 is 1.21 bits per heavy atom. The first-order valence-corrected chi connectivity index (χ1v) is 12.2. The van der Waals surface area contributed by atoms with Crippen LogP contribution in [0.3, 0.4) is 0 Å². The molecule has 0 saturated heterocycles. The van der Waals surface area contributed by atoms with Gasteiger partial charge in [0.2, 0.25) is 5.91 Å². The lowest BCUT2D eigenvalue weighted by Crippen LogP contribution is -2.38. The van der Waals surface area contributed by atoms with E-state index < -0.39 is 18.0 Å². The smallest absolute Gasteiger partial charge is 0.278 e. The van der Waals surface area contributed by atoms with Crippen LogP contribution in [0.5, 0.6) is 0 Å². The fraction of sp³-hybridized carbons (Fsp3) is 0.538. The first-order chi connectivity index (χ1) is 16.4. The predicted molar refractivity (Wildman–Crippen MR) is 128 cm³/mol. The number of amides is 2. The molecule has 1 aliphatic carbocycles. The van der Waals surface area contributed by atoms with Gasteiger partial charge in [-0.3, -0.25) is 24.6 Å². The van der Waals surface area contributed by atoms with E-state index in [0.717, 1.165) is 36.5 Å². The molecule has 184 valence electrons. The van der Waals surface area contributed by atoms with Crippen molar-refractivity contribution in [2.24, 2.45) is 17.8 Å². The first kappa shape index (κ1) is 25.7. The Labute approximate surface area is 199 Å². The normalized spacial score (nSPS) is 19.9. The minimum Gasteiger partial charge on any atom is -0.324 e. The summed E-state index contributed by atoms with van der Waals surface area (Å²) in [5, 5.41) is 13.7. The number of fused-ring (bicyclic) bond motifs is 1. The van der Waals surface area contributed by atoms with Crippen molar-refractivity contribution < 1.29 is 24.0 Å². The molecule has 1 heterocycles. The molecule has 2 aromatic rings. The largest absolute Gasteiger partial charge is 0.324 e. The number of Topliss-reactive ketones (excluding diaryl/α,β-unsaturated/α-hetero) is 1. The van der Waals surface area contributed by atoms with E-state index in [-0.39, 0.29) is 36.4 Å². The van der Waals surface area contributed by atoms with Gasteiger partial charge in [0.15, 0.2) is 6.17 Å². The van der Waals surface area contributed by atoms with Crippen LogP contribution in [0, 0.1) is 17.8 Å². The van der Waals surface area contributed by atoms with Crippen molar-refractivity contribution in [2.75, 3.05) is 5.32 Å². The summed E-state index contributed by atoms with van der Waals surface area (Å²) in [6.07, 6.45) is 7.06. The van der Waals surface area contributed by atoms with Gasteiger partial charge in [-0.2, -0.15) is 0 Å². The van der Waals surface area contributed by atoms with Gasteiger partial charge in [0.05, 0.1) is 17.8 Å². The molecular formula is C26H34FN3O4. The van der Waals surface area contributed by atoms with E-state index in [0.29, 0.717) is 24.9 Å². The number of carbonyl (C=O) groups is 3. The van der Waals surface area contributed by atoms with Crippen molar-refractivity contribution in [2.45, 2.75) is 70.9 Å². The Hall–Kier alpha value is -2.87. The van der Waals surface area contributed by atoms with Gasteiger partial charge in [-0.25, -0.2) is 9.87 Å². The Morgan fingerprint density at radius 3 is 2.76 bits per heavy atom. The van der Waals surface area contributed by atoms with Gasteiger partial charge < -0.3 is 5.32 Å². The van der Waals surface area contributed by atoms with Gasteiger partial charge in [0.1, 0.15) is 5.78 Å². The Morgan fingerprint density at radius 2 is 2.00 bits per heavy atom. The summed E-state index contributed by atoms with van der Waals surface area (Å²) < 4.78 is 14.4. The maximum atomic E-state index is 14.4. The monoisotopic (exact) mass is 471 g/mol. The van der Waals surface area contributed by atoms with E-state index in [4.69, 9.17) is 5.21 Å². The van der Waals surface area contributed by atoms with Crippen LogP contribution >= 0.6 is 0 Å². The fourth-order valence-corrected chi connectivity index (χ4v) is 4.91.